The van der Waals surface area contributed by atoms with Crippen LogP contribution in [0.2, 0.25) is 0 Å². The van der Waals surface area contributed by atoms with Crippen molar-refractivity contribution < 1.29 is 14.7 Å². The number of amides is 1. The first-order valence-electron chi connectivity index (χ1n) is 6.12. The lowest BCUT2D eigenvalue weighted by Gasteiger charge is -2.09. The van der Waals surface area contributed by atoms with Gasteiger partial charge in [0.05, 0.1) is 11.3 Å². The number of benzene rings is 1. The van der Waals surface area contributed by atoms with Gasteiger partial charge in [-0.25, -0.2) is 4.79 Å². The first-order chi connectivity index (χ1) is 9.06. The zero-order valence-electron chi connectivity index (χ0n) is 10.3. The summed E-state index contributed by atoms with van der Waals surface area (Å²) < 4.78 is 0.726. The summed E-state index contributed by atoms with van der Waals surface area (Å²) in [5.74, 6) is -1.24. The molecule has 0 radical (unpaired) electrons. The van der Waals surface area contributed by atoms with Crippen LogP contribution in [0, 0.1) is 0 Å². The first kappa shape index (κ1) is 14.0. The van der Waals surface area contributed by atoms with E-state index in [0.717, 1.165) is 4.47 Å². The molecule has 102 valence electrons. The molecule has 6 heteroatoms. The molecule has 2 rings (SSSR count). The third-order valence-electron chi connectivity index (χ3n) is 2.85. The van der Waals surface area contributed by atoms with Gasteiger partial charge in [0.25, 0.3) is 0 Å². The van der Waals surface area contributed by atoms with Crippen LogP contribution in [0.5, 0.6) is 0 Å². The quantitative estimate of drug-likeness (QED) is 0.749. The standard InChI is InChI=1S/C13H15BrN2O3/c14-8-1-4-10(13(18)19)11(7-8)16-12(17)5-6-15-9-2-3-9/h1,4,7,9,15H,2-3,5-6H2,(H,16,17)(H,18,19). The molecule has 0 unspecified atom stereocenters. The zero-order valence-corrected chi connectivity index (χ0v) is 11.9. The molecule has 0 aromatic heterocycles. The Balaban J connectivity index is 1.94. The van der Waals surface area contributed by atoms with E-state index in [9.17, 15) is 9.59 Å². The molecule has 1 fully saturated rings. The van der Waals surface area contributed by atoms with Crippen LogP contribution in [0.3, 0.4) is 0 Å². The van der Waals surface area contributed by atoms with Crippen LogP contribution >= 0.6 is 15.9 Å². The molecule has 1 amide bonds. The fourth-order valence-corrected chi connectivity index (χ4v) is 2.06. The molecule has 1 aromatic rings. The number of carbonyl (C=O) groups is 2. The SMILES string of the molecule is O=C(CCNC1CC1)Nc1cc(Br)ccc1C(=O)O. The highest BCUT2D eigenvalue weighted by atomic mass is 79.9. The molecular weight excluding hydrogens is 312 g/mol. The minimum atomic E-state index is -1.06. The largest absolute Gasteiger partial charge is 0.478 e. The van der Waals surface area contributed by atoms with Crippen LogP contribution in [0.15, 0.2) is 22.7 Å². The maximum Gasteiger partial charge on any atom is 0.337 e. The van der Waals surface area contributed by atoms with Gasteiger partial charge < -0.3 is 15.7 Å². The number of carboxylic acids is 1. The van der Waals surface area contributed by atoms with Crippen molar-refractivity contribution in [1.82, 2.24) is 5.32 Å². The number of carbonyl (C=O) groups excluding carboxylic acids is 1. The lowest BCUT2D eigenvalue weighted by Crippen LogP contribution is -2.23. The Bertz CT molecular complexity index is 501. The number of nitrogens with one attached hydrogen (secondary N) is 2. The molecule has 3 N–H and O–H groups in total. The van der Waals surface area contributed by atoms with E-state index in [0.29, 0.717) is 24.7 Å². The summed E-state index contributed by atoms with van der Waals surface area (Å²) in [6, 6.07) is 5.25. The maximum atomic E-state index is 11.7. The lowest BCUT2D eigenvalue weighted by atomic mass is 10.1. The zero-order chi connectivity index (χ0) is 13.8. The van der Waals surface area contributed by atoms with Crippen molar-refractivity contribution in [3.05, 3.63) is 28.2 Å². The molecule has 0 saturated heterocycles. The molecule has 1 aromatic carbocycles. The van der Waals surface area contributed by atoms with Crippen LogP contribution in [0.1, 0.15) is 29.6 Å². The summed E-state index contributed by atoms with van der Waals surface area (Å²) in [6.07, 6.45) is 2.69. The normalized spacial score (nSPS) is 14.2. The molecule has 1 aliphatic carbocycles. The summed E-state index contributed by atoms with van der Waals surface area (Å²) in [5.41, 5.74) is 0.407. The number of aromatic carboxylic acids is 1. The second-order valence-electron chi connectivity index (χ2n) is 4.52. The molecule has 5 nitrogen and oxygen atoms in total. The smallest absolute Gasteiger partial charge is 0.337 e. The Kier molecular flexibility index (Phi) is 4.55. The molecule has 1 saturated carbocycles. The molecular formula is C13H15BrN2O3. The average Bonchev–Trinajstić information content (AvgIpc) is 3.12. The van der Waals surface area contributed by atoms with Gasteiger partial charge in [-0.3, -0.25) is 4.79 Å². The summed E-state index contributed by atoms with van der Waals surface area (Å²) >= 11 is 3.26. The van der Waals surface area contributed by atoms with Gasteiger partial charge in [0, 0.05) is 23.5 Å². The van der Waals surface area contributed by atoms with Gasteiger partial charge in [-0.05, 0) is 31.0 Å². The van der Waals surface area contributed by atoms with Crippen LogP contribution in [0.25, 0.3) is 0 Å². The van der Waals surface area contributed by atoms with Crippen molar-refractivity contribution >= 4 is 33.5 Å². The number of rotatable bonds is 6. The van der Waals surface area contributed by atoms with E-state index in [1.807, 2.05) is 0 Å². The minimum absolute atomic E-state index is 0.0895. The van der Waals surface area contributed by atoms with Gasteiger partial charge in [-0.2, -0.15) is 0 Å². The van der Waals surface area contributed by atoms with Crippen molar-refractivity contribution in [2.24, 2.45) is 0 Å². The lowest BCUT2D eigenvalue weighted by molar-refractivity contribution is -0.116. The first-order valence-corrected chi connectivity index (χ1v) is 6.91. The highest BCUT2D eigenvalue weighted by Crippen LogP contribution is 2.22. The summed E-state index contributed by atoms with van der Waals surface area (Å²) in [6.45, 7) is 0.618. The van der Waals surface area contributed by atoms with Crippen LogP contribution in [-0.4, -0.2) is 29.6 Å². The van der Waals surface area contributed by atoms with Crippen LogP contribution < -0.4 is 10.6 Å². The number of carboxylic acid groups (broad SMARTS) is 1. The third-order valence-corrected chi connectivity index (χ3v) is 3.34. The van der Waals surface area contributed by atoms with Crippen molar-refractivity contribution in [3.63, 3.8) is 0 Å². The van der Waals surface area contributed by atoms with E-state index >= 15 is 0 Å². The molecule has 0 atom stereocenters. The number of hydrogen-bond donors (Lipinski definition) is 3. The second kappa shape index (κ2) is 6.16. The molecule has 1 aliphatic rings. The Hall–Kier alpha value is -1.40. The van der Waals surface area contributed by atoms with E-state index in [4.69, 9.17) is 5.11 Å². The Labute approximate surface area is 119 Å². The van der Waals surface area contributed by atoms with Crippen molar-refractivity contribution in [1.29, 1.82) is 0 Å². The van der Waals surface area contributed by atoms with Gasteiger partial charge in [0.1, 0.15) is 0 Å². The average molecular weight is 327 g/mol. The predicted molar refractivity (Wildman–Crippen MR) is 75.4 cm³/mol. The van der Waals surface area contributed by atoms with E-state index in [1.165, 1.54) is 18.9 Å². The van der Waals surface area contributed by atoms with Gasteiger partial charge in [0.15, 0.2) is 0 Å². The van der Waals surface area contributed by atoms with Crippen LogP contribution in [0.4, 0.5) is 5.69 Å². The summed E-state index contributed by atoms with van der Waals surface area (Å²) in [7, 11) is 0. The van der Waals surface area contributed by atoms with Crippen molar-refractivity contribution in [2.75, 3.05) is 11.9 Å². The summed E-state index contributed by atoms with van der Waals surface area (Å²) in [4.78, 5) is 22.8. The van der Waals surface area contributed by atoms with E-state index in [-0.39, 0.29) is 11.5 Å². The van der Waals surface area contributed by atoms with Gasteiger partial charge in [-0.1, -0.05) is 15.9 Å². The highest BCUT2D eigenvalue weighted by Gasteiger charge is 2.20. The predicted octanol–water partition coefficient (Wildman–Crippen LogP) is 2.23. The fraction of sp³-hybridized carbons (Fsp3) is 0.385. The molecule has 0 spiro atoms. The molecule has 19 heavy (non-hydrogen) atoms. The van der Waals surface area contributed by atoms with E-state index < -0.39 is 5.97 Å². The third kappa shape index (κ3) is 4.33. The highest BCUT2D eigenvalue weighted by molar-refractivity contribution is 9.10. The Morgan fingerprint density at radius 3 is 2.74 bits per heavy atom. The van der Waals surface area contributed by atoms with Gasteiger partial charge in [0.2, 0.25) is 5.91 Å². The molecule has 0 bridgehead atoms. The molecule has 0 aliphatic heterocycles. The number of anilines is 1. The van der Waals surface area contributed by atoms with Gasteiger partial charge in [-0.15, -0.1) is 0 Å². The van der Waals surface area contributed by atoms with E-state index in [2.05, 4.69) is 26.6 Å². The number of hydrogen-bond acceptors (Lipinski definition) is 3. The van der Waals surface area contributed by atoms with Crippen molar-refractivity contribution in [3.8, 4) is 0 Å². The van der Waals surface area contributed by atoms with Gasteiger partial charge >= 0.3 is 5.97 Å². The van der Waals surface area contributed by atoms with Crippen LogP contribution in [-0.2, 0) is 4.79 Å². The monoisotopic (exact) mass is 326 g/mol. The molecule has 0 heterocycles. The van der Waals surface area contributed by atoms with Crippen molar-refractivity contribution in [2.45, 2.75) is 25.3 Å². The fourth-order valence-electron chi connectivity index (χ4n) is 1.70. The Morgan fingerprint density at radius 2 is 2.11 bits per heavy atom. The minimum Gasteiger partial charge on any atom is -0.478 e. The Morgan fingerprint density at radius 1 is 1.37 bits per heavy atom. The number of halogens is 1. The van der Waals surface area contributed by atoms with E-state index in [1.54, 1.807) is 12.1 Å². The maximum absolute atomic E-state index is 11.7. The summed E-state index contributed by atoms with van der Waals surface area (Å²) in [5, 5.41) is 14.9. The second-order valence-corrected chi connectivity index (χ2v) is 5.44. The topological polar surface area (TPSA) is 78.4 Å².